The van der Waals surface area contributed by atoms with Crippen LogP contribution in [0.1, 0.15) is 28.3 Å². The van der Waals surface area contributed by atoms with Gasteiger partial charge in [-0.15, -0.1) is 11.3 Å². The molecule has 1 aliphatic rings. The van der Waals surface area contributed by atoms with Gasteiger partial charge in [0.15, 0.2) is 5.69 Å². The van der Waals surface area contributed by atoms with Crippen LogP contribution in [0.4, 0.5) is 4.79 Å². The van der Waals surface area contributed by atoms with Crippen molar-refractivity contribution >= 4 is 23.3 Å². The fourth-order valence-electron chi connectivity index (χ4n) is 1.91. The van der Waals surface area contributed by atoms with Crippen LogP contribution >= 0.6 is 11.3 Å². The number of ether oxygens (including phenoxy) is 1. The molecule has 2 amide bonds. The van der Waals surface area contributed by atoms with E-state index in [-0.39, 0.29) is 18.3 Å². The summed E-state index contributed by atoms with van der Waals surface area (Å²) in [5, 5.41) is 16.2. The van der Waals surface area contributed by atoms with Crippen molar-refractivity contribution in [1.82, 2.24) is 15.6 Å². The number of hydrogen-bond acceptors (Lipinski definition) is 5. The Bertz CT molecular complexity index is 471. The Kier molecular flexibility index (Phi) is 5.31. The summed E-state index contributed by atoms with van der Waals surface area (Å²) in [7, 11) is 0. The second kappa shape index (κ2) is 7.20. The average molecular weight is 299 g/mol. The van der Waals surface area contributed by atoms with E-state index in [1.54, 1.807) is 0 Å². The Morgan fingerprint density at radius 1 is 1.50 bits per heavy atom. The minimum absolute atomic E-state index is 0.00608. The van der Waals surface area contributed by atoms with Gasteiger partial charge in [0.1, 0.15) is 5.01 Å². The third-order valence-corrected chi connectivity index (χ3v) is 3.83. The number of carbonyl (C=O) groups excluding carboxylic acids is 1. The largest absolute Gasteiger partial charge is 0.476 e. The van der Waals surface area contributed by atoms with Gasteiger partial charge in [-0.25, -0.2) is 14.6 Å². The zero-order valence-electron chi connectivity index (χ0n) is 10.9. The Labute approximate surface area is 120 Å². The molecule has 1 saturated heterocycles. The van der Waals surface area contributed by atoms with Crippen molar-refractivity contribution in [2.75, 3.05) is 19.8 Å². The Morgan fingerprint density at radius 2 is 2.35 bits per heavy atom. The molecule has 0 aliphatic carbocycles. The number of urea groups is 1. The summed E-state index contributed by atoms with van der Waals surface area (Å²) in [6.45, 7) is 2.31. The molecule has 8 heteroatoms. The SMILES string of the molecule is O=C(NCc1nc(C(=O)O)cs1)NCC1CCCOC1. The highest BCUT2D eigenvalue weighted by Crippen LogP contribution is 2.12. The molecule has 0 aromatic carbocycles. The number of aromatic carboxylic acids is 1. The molecule has 2 heterocycles. The fraction of sp³-hybridized carbons (Fsp3) is 0.583. The molecule has 0 radical (unpaired) electrons. The smallest absolute Gasteiger partial charge is 0.355 e. The molecule has 0 saturated carbocycles. The number of nitrogens with zero attached hydrogens (tertiary/aromatic N) is 1. The highest BCUT2D eigenvalue weighted by molar-refractivity contribution is 7.09. The van der Waals surface area contributed by atoms with Gasteiger partial charge in [-0.05, 0) is 18.8 Å². The number of thiazole rings is 1. The minimum atomic E-state index is -1.06. The predicted molar refractivity (Wildman–Crippen MR) is 72.9 cm³/mol. The number of hydrogen-bond donors (Lipinski definition) is 3. The van der Waals surface area contributed by atoms with Crippen LogP contribution in [0.3, 0.4) is 0 Å². The molecule has 1 aromatic heterocycles. The maximum Gasteiger partial charge on any atom is 0.355 e. The van der Waals surface area contributed by atoms with Gasteiger partial charge in [0.2, 0.25) is 0 Å². The van der Waals surface area contributed by atoms with Crippen LogP contribution in [-0.2, 0) is 11.3 Å². The summed E-state index contributed by atoms with van der Waals surface area (Å²) in [6, 6.07) is -0.275. The number of carboxylic acids is 1. The Balaban J connectivity index is 1.67. The molecule has 0 spiro atoms. The van der Waals surface area contributed by atoms with Crippen LogP contribution in [0.2, 0.25) is 0 Å². The van der Waals surface area contributed by atoms with Crippen molar-refractivity contribution in [3.05, 3.63) is 16.1 Å². The summed E-state index contributed by atoms with van der Waals surface area (Å²) in [6.07, 6.45) is 2.10. The van der Waals surface area contributed by atoms with Gasteiger partial charge >= 0.3 is 12.0 Å². The van der Waals surface area contributed by atoms with Crippen molar-refractivity contribution in [2.45, 2.75) is 19.4 Å². The monoisotopic (exact) mass is 299 g/mol. The van der Waals surface area contributed by atoms with Crippen molar-refractivity contribution < 1.29 is 19.4 Å². The van der Waals surface area contributed by atoms with Crippen LogP contribution in [-0.4, -0.2) is 41.8 Å². The average Bonchev–Trinajstić information content (AvgIpc) is 2.93. The number of nitrogens with one attached hydrogen (secondary N) is 2. The second-order valence-electron chi connectivity index (χ2n) is 4.58. The van der Waals surface area contributed by atoms with E-state index < -0.39 is 5.97 Å². The summed E-state index contributed by atoms with van der Waals surface area (Å²) >= 11 is 1.21. The number of rotatable bonds is 5. The Morgan fingerprint density at radius 3 is 3.00 bits per heavy atom. The van der Waals surface area contributed by atoms with Gasteiger partial charge in [0, 0.05) is 18.5 Å². The maximum atomic E-state index is 11.6. The molecule has 3 N–H and O–H groups in total. The van der Waals surface area contributed by atoms with Gasteiger partial charge in [-0.3, -0.25) is 0 Å². The molecular weight excluding hydrogens is 282 g/mol. The summed E-state index contributed by atoms with van der Waals surface area (Å²) in [4.78, 5) is 26.1. The van der Waals surface area contributed by atoms with Gasteiger partial charge in [-0.1, -0.05) is 0 Å². The molecule has 2 rings (SSSR count). The third-order valence-electron chi connectivity index (χ3n) is 2.98. The lowest BCUT2D eigenvalue weighted by Crippen LogP contribution is -2.39. The standard InChI is InChI=1S/C12H17N3O4S/c16-11(17)9-7-20-10(15-9)5-14-12(18)13-4-8-2-1-3-19-6-8/h7-8H,1-6H2,(H,16,17)(H2,13,14,18). The van der Waals surface area contributed by atoms with Crippen molar-refractivity contribution in [2.24, 2.45) is 5.92 Å². The lowest BCUT2D eigenvalue weighted by atomic mass is 10.0. The molecule has 110 valence electrons. The van der Waals surface area contributed by atoms with Gasteiger partial charge in [-0.2, -0.15) is 0 Å². The van der Waals surface area contributed by atoms with Crippen LogP contribution in [0.15, 0.2) is 5.38 Å². The highest BCUT2D eigenvalue weighted by atomic mass is 32.1. The van der Waals surface area contributed by atoms with Gasteiger partial charge < -0.3 is 20.5 Å². The molecule has 0 bridgehead atoms. The van der Waals surface area contributed by atoms with E-state index in [4.69, 9.17) is 9.84 Å². The first-order chi connectivity index (χ1) is 9.65. The zero-order chi connectivity index (χ0) is 14.4. The molecule has 1 aromatic rings. The molecule has 20 heavy (non-hydrogen) atoms. The molecule has 7 nitrogen and oxygen atoms in total. The van der Waals surface area contributed by atoms with E-state index in [0.29, 0.717) is 24.1 Å². The normalized spacial score (nSPS) is 18.5. The van der Waals surface area contributed by atoms with E-state index in [0.717, 1.165) is 19.4 Å². The number of amides is 2. The number of carbonyl (C=O) groups is 2. The zero-order valence-corrected chi connectivity index (χ0v) is 11.7. The lowest BCUT2D eigenvalue weighted by Gasteiger charge is -2.22. The van der Waals surface area contributed by atoms with Gasteiger partial charge in [0.05, 0.1) is 13.2 Å². The van der Waals surface area contributed by atoms with E-state index in [9.17, 15) is 9.59 Å². The van der Waals surface area contributed by atoms with E-state index in [2.05, 4.69) is 15.6 Å². The topological polar surface area (TPSA) is 101 Å². The Hall–Kier alpha value is -1.67. The van der Waals surface area contributed by atoms with Gasteiger partial charge in [0.25, 0.3) is 0 Å². The van der Waals surface area contributed by atoms with E-state index in [1.165, 1.54) is 16.7 Å². The number of aromatic nitrogens is 1. The van der Waals surface area contributed by atoms with E-state index >= 15 is 0 Å². The van der Waals surface area contributed by atoms with Crippen LogP contribution < -0.4 is 10.6 Å². The van der Waals surface area contributed by atoms with Crippen molar-refractivity contribution in [1.29, 1.82) is 0 Å². The first kappa shape index (κ1) is 14.7. The molecule has 1 fully saturated rings. The lowest BCUT2D eigenvalue weighted by molar-refractivity contribution is 0.0557. The van der Waals surface area contributed by atoms with Crippen molar-refractivity contribution in [3.63, 3.8) is 0 Å². The summed E-state index contributed by atoms with van der Waals surface area (Å²) in [5.41, 5.74) is 0.00608. The second-order valence-corrected chi connectivity index (χ2v) is 5.52. The van der Waals surface area contributed by atoms with Crippen LogP contribution in [0, 0.1) is 5.92 Å². The maximum absolute atomic E-state index is 11.6. The van der Waals surface area contributed by atoms with Crippen LogP contribution in [0.25, 0.3) is 0 Å². The molecular formula is C12H17N3O4S. The predicted octanol–water partition coefficient (Wildman–Crippen LogP) is 1.07. The minimum Gasteiger partial charge on any atom is -0.476 e. The first-order valence-corrected chi connectivity index (χ1v) is 7.30. The number of carboxylic acid groups (broad SMARTS) is 1. The first-order valence-electron chi connectivity index (χ1n) is 6.42. The summed E-state index contributed by atoms with van der Waals surface area (Å²) < 4.78 is 5.33. The summed E-state index contributed by atoms with van der Waals surface area (Å²) in [5.74, 6) is -0.692. The molecule has 1 aliphatic heterocycles. The van der Waals surface area contributed by atoms with Crippen LogP contribution in [0.5, 0.6) is 0 Å². The fourth-order valence-corrected chi connectivity index (χ4v) is 2.62. The van der Waals surface area contributed by atoms with E-state index in [1.807, 2.05) is 0 Å². The quantitative estimate of drug-likeness (QED) is 0.755. The highest BCUT2D eigenvalue weighted by Gasteiger charge is 2.15. The molecule has 1 atom stereocenters. The van der Waals surface area contributed by atoms with Crippen molar-refractivity contribution in [3.8, 4) is 0 Å². The third kappa shape index (κ3) is 4.46. The molecule has 1 unspecified atom stereocenters.